The summed E-state index contributed by atoms with van der Waals surface area (Å²) in [5, 5.41) is 15.9. The molecule has 1 aromatic rings. The van der Waals surface area contributed by atoms with Crippen LogP contribution >= 0.6 is 11.6 Å². The number of rotatable bonds is 5. The highest BCUT2D eigenvalue weighted by atomic mass is 35.5. The van der Waals surface area contributed by atoms with Crippen LogP contribution in [0.15, 0.2) is 18.2 Å². The molecule has 1 aliphatic rings. The van der Waals surface area contributed by atoms with Gasteiger partial charge >= 0.3 is 6.03 Å². The van der Waals surface area contributed by atoms with E-state index in [2.05, 4.69) is 15.5 Å². The monoisotopic (exact) mass is 325 g/mol. The average molecular weight is 326 g/mol. The Kier molecular flexibility index (Phi) is 6.49. The SMILES string of the molecule is CCc1cc(Cl)ccc1NC(=O)NCCN1CCC(O)CC1. The van der Waals surface area contributed by atoms with Gasteiger partial charge < -0.3 is 20.6 Å². The Morgan fingerprint density at radius 3 is 2.82 bits per heavy atom. The van der Waals surface area contributed by atoms with Crippen LogP contribution in [0.4, 0.5) is 10.5 Å². The van der Waals surface area contributed by atoms with Crippen molar-refractivity contribution >= 4 is 23.3 Å². The van der Waals surface area contributed by atoms with Gasteiger partial charge in [0.05, 0.1) is 6.10 Å². The number of likely N-dealkylation sites (tertiary alicyclic amines) is 1. The number of amides is 2. The summed E-state index contributed by atoms with van der Waals surface area (Å²) in [6.45, 7) is 5.21. The van der Waals surface area contributed by atoms with E-state index in [-0.39, 0.29) is 12.1 Å². The number of hydrogen-bond donors (Lipinski definition) is 3. The number of halogens is 1. The van der Waals surface area contributed by atoms with Gasteiger partial charge in [0.2, 0.25) is 0 Å². The molecular formula is C16H24ClN3O2. The number of aliphatic hydroxyl groups is 1. The van der Waals surface area contributed by atoms with E-state index in [4.69, 9.17) is 11.6 Å². The molecule has 0 aliphatic carbocycles. The van der Waals surface area contributed by atoms with Gasteiger partial charge in [-0.05, 0) is 43.0 Å². The third-order valence-electron chi connectivity index (χ3n) is 3.97. The van der Waals surface area contributed by atoms with Gasteiger partial charge in [0.1, 0.15) is 0 Å². The number of aryl methyl sites for hydroxylation is 1. The van der Waals surface area contributed by atoms with Crippen LogP contribution in [0, 0.1) is 0 Å². The number of anilines is 1. The number of carbonyl (C=O) groups is 1. The minimum Gasteiger partial charge on any atom is -0.393 e. The van der Waals surface area contributed by atoms with Gasteiger partial charge in [-0.3, -0.25) is 0 Å². The molecule has 0 radical (unpaired) electrons. The zero-order chi connectivity index (χ0) is 15.9. The van der Waals surface area contributed by atoms with Gasteiger partial charge in [0, 0.05) is 36.9 Å². The number of urea groups is 1. The Morgan fingerprint density at radius 2 is 2.14 bits per heavy atom. The molecule has 1 fully saturated rings. The number of hydrogen-bond acceptors (Lipinski definition) is 3. The summed E-state index contributed by atoms with van der Waals surface area (Å²) in [4.78, 5) is 14.2. The van der Waals surface area contributed by atoms with Crippen LogP contribution in [0.5, 0.6) is 0 Å². The van der Waals surface area contributed by atoms with Crippen molar-refractivity contribution < 1.29 is 9.90 Å². The Balaban J connectivity index is 1.74. The summed E-state index contributed by atoms with van der Waals surface area (Å²) in [5.74, 6) is 0. The lowest BCUT2D eigenvalue weighted by molar-refractivity contribution is 0.0833. The van der Waals surface area contributed by atoms with Crippen molar-refractivity contribution in [2.45, 2.75) is 32.3 Å². The second-order valence-electron chi connectivity index (χ2n) is 5.61. The molecule has 0 unspecified atom stereocenters. The number of benzene rings is 1. The highest BCUT2D eigenvalue weighted by molar-refractivity contribution is 6.30. The normalized spacial score (nSPS) is 16.5. The Bertz CT molecular complexity index is 502. The first-order chi connectivity index (χ1) is 10.6. The molecule has 0 atom stereocenters. The first-order valence-electron chi connectivity index (χ1n) is 7.82. The lowest BCUT2D eigenvalue weighted by atomic mass is 10.1. The van der Waals surface area contributed by atoms with Gasteiger partial charge in [-0.25, -0.2) is 4.79 Å². The lowest BCUT2D eigenvalue weighted by Gasteiger charge is -2.29. The smallest absolute Gasteiger partial charge is 0.319 e. The Morgan fingerprint density at radius 1 is 1.41 bits per heavy atom. The maximum atomic E-state index is 11.9. The Labute approximate surface area is 136 Å². The molecule has 0 saturated carbocycles. The molecule has 1 saturated heterocycles. The van der Waals surface area contributed by atoms with E-state index >= 15 is 0 Å². The van der Waals surface area contributed by atoms with E-state index in [9.17, 15) is 9.90 Å². The standard InChI is InChI=1S/C16H24ClN3O2/c1-2-12-11-13(17)3-4-15(12)19-16(22)18-7-10-20-8-5-14(21)6-9-20/h3-4,11,14,21H,2,5-10H2,1H3,(H2,18,19,22). The first kappa shape index (κ1) is 17.1. The largest absolute Gasteiger partial charge is 0.393 e. The van der Waals surface area contributed by atoms with Crippen LogP contribution in [0.2, 0.25) is 5.02 Å². The maximum Gasteiger partial charge on any atom is 0.319 e. The van der Waals surface area contributed by atoms with Gasteiger partial charge in [-0.1, -0.05) is 18.5 Å². The van der Waals surface area contributed by atoms with Gasteiger partial charge in [0.15, 0.2) is 0 Å². The molecule has 122 valence electrons. The minimum absolute atomic E-state index is 0.162. The molecule has 0 spiro atoms. The molecule has 1 aliphatic heterocycles. The van der Waals surface area contributed by atoms with Crippen LogP contribution in [0.1, 0.15) is 25.3 Å². The summed E-state index contributed by atoms with van der Waals surface area (Å²) in [5.41, 5.74) is 1.82. The fourth-order valence-corrected chi connectivity index (χ4v) is 2.81. The predicted octanol–water partition coefficient (Wildman–Crippen LogP) is 2.48. The van der Waals surface area contributed by atoms with E-state index in [1.807, 2.05) is 19.1 Å². The lowest BCUT2D eigenvalue weighted by Crippen LogP contribution is -2.41. The van der Waals surface area contributed by atoms with Crippen LogP contribution in [-0.2, 0) is 6.42 Å². The summed E-state index contributed by atoms with van der Waals surface area (Å²) >= 11 is 5.96. The summed E-state index contributed by atoms with van der Waals surface area (Å²) < 4.78 is 0. The van der Waals surface area contributed by atoms with Crippen molar-refractivity contribution in [1.82, 2.24) is 10.2 Å². The number of nitrogens with zero attached hydrogens (tertiary/aromatic N) is 1. The van der Waals surface area contributed by atoms with E-state index in [0.717, 1.165) is 50.1 Å². The molecule has 1 aromatic carbocycles. The molecule has 2 amide bonds. The molecule has 3 N–H and O–H groups in total. The van der Waals surface area contributed by atoms with Gasteiger partial charge in [-0.2, -0.15) is 0 Å². The number of aliphatic hydroxyl groups excluding tert-OH is 1. The van der Waals surface area contributed by atoms with Crippen molar-refractivity contribution in [3.05, 3.63) is 28.8 Å². The highest BCUT2D eigenvalue weighted by Gasteiger charge is 2.16. The topological polar surface area (TPSA) is 64.6 Å². The number of piperidine rings is 1. The number of carbonyl (C=O) groups excluding carboxylic acids is 1. The zero-order valence-corrected chi connectivity index (χ0v) is 13.7. The quantitative estimate of drug-likeness (QED) is 0.779. The summed E-state index contributed by atoms with van der Waals surface area (Å²) in [7, 11) is 0. The third-order valence-corrected chi connectivity index (χ3v) is 4.20. The van der Waals surface area contributed by atoms with E-state index in [1.165, 1.54) is 0 Å². The fraction of sp³-hybridized carbons (Fsp3) is 0.562. The van der Waals surface area contributed by atoms with Crippen LogP contribution in [0.3, 0.4) is 0 Å². The maximum absolute atomic E-state index is 11.9. The van der Waals surface area contributed by atoms with Crippen molar-refractivity contribution in [1.29, 1.82) is 0 Å². The third kappa shape index (κ3) is 5.16. The second kappa shape index (κ2) is 8.36. The molecule has 0 bridgehead atoms. The molecule has 2 rings (SSSR count). The zero-order valence-electron chi connectivity index (χ0n) is 12.9. The van der Waals surface area contributed by atoms with Crippen LogP contribution in [0.25, 0.3) is 0 Å². The van der Waals surface area contributed by atoms with Crippen molar-refractivity contribution in [2.24, 2.45) is 0 Å². The van der Waals surface area contributed by atoms with Crippen molar-refractivity contribution in [3.8, 4) is 0 Å². The molecule has 5 nitrogen and oxygen atoms in total. The summed E-state index contributed by atoms with van der Waals surface area (Å²) in [6.07, 6.45) is 2.28. The van der Waals surface area contributed by atoms with Crippen molar-refractivity contribution in [3.63, 3.8) is 0 Å². The predicted molar refractivity (Wildman–Crippen MR) is 89.5 cm³/mol. The Hall–Kier alpha value is -1.30. The van der Waals surface area contributed by atoms with E-state index in [0.29, 0.717) is 11.6 Å². The average Bonchev–Trinajstić information content (AvgIpc) is 2.51. The fourth-order valence-electron chi connectivity index (χ4n) is 2.61. The van der Waals surface area contributed by atoms with Gasteiger partial charge in [-0.15, -0.1) is 0 Å². The van der Waals surface area contributed by atoms with Crippen molar-refractivity contribution in [2.75, 3.05) is 31.5 Å². The molecular weight excluding hydrogens is 302 g/mol. The second-order valence-corrected chi connectivity index (χ2v) is 6.05. The molecule has 0 aromatic heterocycles. The molecule has 1 heterocycles. The van der Waals surface area contributed by atoms with Gasteiger partial charge in [0.25, 0.3) is 0 Å². The molecule has 22 heavy (non-hydrogen) atoms. The molecule has 6 heteroatoms. The summed E-state index contributed by atoms with van der Waals surface area (Å²) in [6, 6.07) is 5.27. The van der Waals surface area contributed by atoms with Crippen LogP contribution < -0.4 is 10.6 Å². The number of nitrogens with one attached hydrogen (secondary N) is 2. The van der Waals surface area contributed by atoms with Crippen LogP contribution in [-0.4, -0.2) is 48.3 Å². The van der Waals surface area contributed by atoms with E-state index in [1.54, 1.807) is 6.07 Å². The van der Waals surface area contributed by atoms with E-state index < -0.39 is 0 Å². The minimum atomic E-state index is -0.200. The first-order valence-corrected chi connectivity index (χ1v) is 8.20. The highest BCUT2D eigenvalue weighted by Crippen LogP contribution is 2.21.